The van der Waals surface area contributed by atoms with Gasteiger partial charge in [0.05, 0.1) is 11.7 Å². The van der Waals surface area contributed by atoms with E-state index in [-0.39, 0.29) is 23.3 Å². The summed E-state index contributed by atoms with van der Waals surface area (Å²) in [6, 6.07) is 4.83. The Kier molecular flexibility index (Phi) is 8.43. The first-order valence-electron chi connectivity index (χ1n) is 15.3. The van der Waals surface area contributed by atoms with Gasteiger partial charge in [0.1, 0.15) is 0 Å². The van der Waals surface area contributed by atoms with Gasteiger partial charge in [-0.15, -0.1) is 0 Å². The zero-order valence-electron chi connectivity index (χ0n) is 23.7. The number of alkyl halides is 3. The number of fused-ring (bicyclic) bond motifs is 5. The van der Waals surface area contributed by atoms with Crippen LogP contribution in [0.25, 0.3) is 0 Å². The van der Waals surface area contributed by atoms with Crippen LogP contribution in [0.2, 0.25) is 0 Å². The lowest BCUT2D eigenvalue weighted by molar-refractivity contribution is -0.137. The monoisotopic (exact) mass is 565 g/mol. The quantitative estimate of drug-likeness (QED) is 0.325. The maximum atomic E-state index is 12.8. The number of carbonyl (C=O) groups is 1. The van der Waals surface area contributed by atoms with Gasteiger partial charge >= 0.3 is 6.18 Å². The summed E-state index contributed by atoms with van der Waals surface area (Å²) in [5.41, 5.74) is -0.0859. The second kappa shape index (κ2) is 11.2. The lowest BCUT2D eigenvalue weighted by atomic mass is 9.42. The van der Waals surface area contributed by atoms with Crippen molar-refractivity contribution in [2.45, 2.75) is 115 Å². The Hall–Kier alpha value is -1.21. The molecule has 1 amide bonds. The average Bonchev–Trinajstić information content (AvgIpc) is 3.16. The first-order valence-corrected chi connectivity index (χ1v) is 16.1. The van der Waals surface area contributed by atoms with E-state index in [4.69, 9.17) is 0 Å². The van der Waals surface area contributed by atoms with Gasteiger partial charge < -0.3 is 5.11 Å². The van der Waals surface area contributed by atoms with Gasteiger partial charge in [-0.05, 0) is 134 Å². The minimum atomic E-state index is -4.36. The molecule has 5 rings (SSSR count). The molecule has 4 fully saturated rings. The Morgan fingerprint density at radius 2 is 1.77 bits per heavy atom. The highest BCUT2D eigenvalue weighted by atomic mass is 32.2. The van der Waals surface area contributed by atoms with Gasteiger partial charge in [0.25, 0.3) is 0 Å². The van der Waals surface area contributed by atoms with Crippen molar-refractivity contribution >= 4 is 17.9 Å². The zero-order valence-corrected chi connectivity index (χ0v) is 24.6. The molecule has 4 aliphatic rings. The third kappa shape index (κ3) is 5.52. The fourth-order valence-corrected chi connectivity index (χ4v) is 10.6. The first-order chi connectivity index (χ1) is 18.5. The molecule has 1 aromatic rings. The van der Waals surface area contributed by atoms with Gasteiger partial charge in [-0.2, -0.15) is 13.2 Å². The third-order valence-corrected chi connectivity index (χ3v) is 12.7. The normalized spacial score (nSPS) is 39.9. The molecular weight excluding hydrogens is 519 g/mol. The summed E-state index contributed by atoms with van der Waals surface area (Å²) in [5.74, 6) is 3.90. The van der Waals surface area contributed by atoms with Crippen molar-refractivity contribution in [1.82, 2.24) is 4.72 Å². The summed E-state index contributed by atoms with van der Waals surface area (Å²) in [4.78, 5) is 13.1. The van der Waals surface area contributed by atoms with Crippen molar-refractivity contribution in [3.63, 3.8) is 0 Å². The molecule has 218 valence electrons. The fraction of sp³-hybridized carbons (Fsp3) is 0.781. The predicted molar refractivity (Wildman–Crippen MR) is 150 cm³/mol. The van der Waals surface area contributed by atoms with E-state index in [1.54, 1.807) is 0 Å². The van der Waals surface area contributed by atoms with Crippen molar-refractivity contribution in [2.75, 3.05) is 0 Å². The van der Waals surface area contributed by atoms with E-state index in [1.807, 2.05) is 0 Å². The zero-order chi connectivity index (χ0) is 28.0. The number of carbonyl (C=O) groups excluding carboxylic acids is 1. The average molecular weight is 566 g/mol. The molecule has 4 saturated carbocycles. The number of hydrogen-bond donors (Lipinski definition) is 2. The van der Waals surface area contributed by atoms with E-state index in [0.29, 0.717) is 22.6 Å². The standard InChI is InChI=1S/C32H46F3NO2S/c1-4-20-18-23-25(30(2)16-6-5-8-24(20)30)15-17-31(3)26(28(37)19-27(23)31)9-7-10-29(38)36-39-22-13-11-21(12-14-22)32(33,34)35/h11-14,20,23-28,37H,4-10,15-19H2,1-3H3,(H,36,38)/t20-,23?,24?,25?,26?,27?,28?,30?,31?/m0/s1. The highest BCUT2D eigenvalue weighted by Crippen LogP contribution is 2.69. The number of benzene rings is 1. The summed E-state index contributed by atoms with van der Waals surface area (Å²) in [6.07, 6.45) is 8.83. The summed E-state index contributed by atoms with van der Waals surface area (Å²) in [5, 5.41) is 11.3. The van der Waals surface area contributed by atoms with E-state index < -0.39 is 11.7 Å². The molecule has 1 aromatic carbocycles. The van der Waals surface area contributed by atoms with E-state index in [1.165, 1.54) is 63.5 Å². The molecule has 4 aliphatic carbocycles. The van der Waals surface area contributed by atoms with Crippen LogP contribution in [0.3, 0.4) is 0 Å². The van der Waals surface area contributed by atoms with Gasteiger partial charge in [0.2, 0.25) is 5.91 Å². The predicted octanol–water partition coefficient (Wildman–Crippen LogP) is 8.65. The number of amides is 1. The van der Waals surface area contributed by atoms with Crippen LogP contribution in [-0.4, -0.2) is 17.1 Å². The Morgan fingerprint density at radius 1 is 1.03 bits per heavy atom. The lowest BCUT2D eigenvalue weighted by Gasteiger charge is -2.62. The third-order valence-electron chi connectivity index (χ3n) is 11.9. The summed E-state index contributed by atoms with van der Waals surface area (Å²) < 4.78 is 41.1. The van der Waals surface area contributed by atoms with Crippen LogP contribution in [-0.2, 0) is 11.0 Å². The summed E-state index contributed by atoms with van der Waals surface area (Å²) in [7, 11) is 0. The molecule has 39 heavy (non-hydrogen) atoms. The van der Waals surface area contributed by atoms with Gasteiger partial charge in [0.15, 0.2) is 0 Å². The largest absolute Gasteiger partial charge is 0.416 e. The van der Waals surface area contributed by atoms with Crippen molar-refractivity contribution in [2.24, 2.45) is 46.3 Å². The maximum absolute atomic E-state index is 12.8. The smallest absolute Gasteiger partial charge is 0.393 e. The number of halogens is 3. The Labute approximate surface area is 236 Å². The molecule has 0 bridgehead atoms. The van der Waals surface area contributed by atoms with E-state index >= 15 is 0 Å². The number of nitrogens with one attached hydrogen (secondary N) is 1. The SMILES string of the molecule is CC[C@H]1CC2C3CC(O)C(CCCC(=O)NSc4ccc(C(F)(F)F)cc4)C3(C)CCC2C2(C)CCCCC12. The minimum Gasteiger partial charge on any atom is -0.393 e. The lowest BCUT2D eigenvalue weighted by Crippen LogP contribution is -2.55. The van der Waals surface area contributed by atoms with Crippen LogP contribution in [0.1, 0.15) is 103 Å². The minimum absolute atomic E-state index is 0.118. The van der Waals surface area contributed by atoms with E-state index in [9.17, 15) is 23.1 Å². The second-order valence-corrected chi connectivity index (χ2v) is 14.5. The first kappa shape index (κ1) is 29.3. The second-order valence-electron chi connectivity index (χ2n) is 13.6. The number of aliphatic hydroxyl groups is 1. The molecule has 7 heteroatoms. The number of hydrogen-bond acceptors (Lipinski definition) is 3. The van der Waals surface area contributed by atoms with Gasteiger partial charge in [-0.3, -0.25) is 9.52 Å². The molecule has 0 spiro atoms. The topological polar surface area (TPSA) is 49.3 Å². The van der Waals surface area contributed by atoms with Gasteiger partial charge in [0, 0.05) is 11.3 Å². The molecular formula is C32H46F3NO2S. The molecule has 2 N–H and O–H groups in total. The van der Waals surface area contributed by atoms with Crippen LogP contribution in [0, 0.1) is 46.3 Å². The molecule has 3 nitrogen and oxygen atoms in total. The Balaban J connectivity index is 1.16. The van der Waals surface area contributed by atoms with Crippen molar-refractivity contribution in [3.8, 4) is 0 Å². The van der Waals surface area contributed by atoms with Crippen LogP contribution in [0.15, 0.2) is 29.2 Å². The molecule has 9 atom stereocenters. The highest BCUT2D eigenvalue weighted by molar-refractivity contribution is 7.98. The maximum Gasteiger partial charge on any atom is 0.416 e. The summed E-state index contributed by atoms with van der Waals surface area (Å²) in [6.45, 7) is 7.43. The van der Waals surface area contributed by atoms with E-state index in [0.717, 1.165) is 67.0 Å². The molecule has 0 aliphatic heterocycles. The van der Waals surface area contributed by atoms with Crippen LogP contribution in [0.4, 0.5) is 13.2 Å². The Morgan fingerprint density at radius 3 is 2.46 bits per heavy atom. The van der Waals surface area contributed by atoms with Crippen LogP contribution < -0.4 is 4.72 Å². The summed E-state index contributed by atoms with van der Waals surface area (Å²) >= 11 is 1.06. The van der Waals surface area contributed by atoms with Gasteiger partial charge in [-0.25, -0.2) is 0 Å². The number of aliphatic hydroxyl groups excluding tert-OH is 1. The molecule has 0 aromatic heterocycles. The van der Waals surface area contributed by atoms with Gasteiger partial charge in [-0.1, -0.05) is 40.0 Å². The van der Waals surface area contributed by atoms with Crippen molar-refractivity contribution in [1.29, 1.82) is 0 Å². The van der Waals surface area contributed by atoms with Crippen molar-refractivity contribution < 1.29 is 23.1 Å². The highest BCUT2D eigenvalue weighted by Gasteiger charge is 2.62. The molecule has 0 radical (unpaired) electrons. The van der Waals surface area contributed by atoms with Crippen molar-refractivity contribution in [3.05, 3.63) is 29.8 Å². The molecule has 8 unspecified atom stereocenters. The molecule has 0 heterocycles. The number of rotatable bonds is 7. The van der Waals surface area contributed by atoms with Crippen LogP contribution >= 0.6 is 11.9 Å². The van der Waals surface area contributed by atoms with E-state index in [2.05, 4.69) is 25.5 Å². The molecule has 0 saturated heterocycles. The van der Waals surface area contributed by atoms with Crippen LogP contribution in [0.5, 0.6) is 0 Å². The Bertz CT molecular complexity index is 1020. The fourth-order valence-electron chi connectivity index (χ4n) is 10.0.